The zero-order valence-electron chi connectivity index (χ0n) is 10.5. The molecule has 0 aliphatic heterocycles. The molecule has 0 aliphatic carbocycles. The molecule has 0 saturated carbocycles. The fourth-order valence-corrected chi connectivity index (χ4v) is 3.04. The number of benzene rings is 1. The van der Waals surface area contributed by atoms with Crippen LogP contribution in [0.5, 0.6) is 0 Å². The van der Waals surface area contributed by atoms with Crippen LogP contribution in [-0.4, -0.2) is 22.0 Å². The first-order chi connectivity index (χ1) is 7.56. The van der Waals surface area contributed by atoms with E-state index in [4.69, 9.17) is 9.16 Å². The van der Waals surface area contributed by atoms with E-state index in [-0.39, 0.29) is 0 Å². The maximum absolute atomic E-state index is 5.93. The summed E-state index contributed by atoms with van der Waals surface area (Å²) in [5, 5.41) is 1.30. The largest absolute Gasteiger partial charge is 0.545 e. The Labute approximate surface area is 99.0 Å². The van der Waals surface area contributed by atoms with E-state index in [1.807, 2.05) is 19.3 Å². The van der Waals surface area contributed by atoms with Crippen molar-refractivity contribution in [2.24, 2.45) is 0 Å². The summed E-state index contributed by atoms with van der Waals surface area (Å²) in [5.41, 5.74) is 1.11. The fourth-order valence-electron chi connectivity index (χ4n) is 1.42. The Morgan fingerprint density at radius 2 is 1.88 bits per heavy atom. The van der Waals surface area contributed by atoms with Gasteiger partial charge in [-0.1, -0.05) is 30.3 Å². The summed E-state index contributed by atoms with van der Waals surface area (Å²) in [6.45, 7) is 7.02. The smallest absolute Gasteiger partial charge is 0.276 e. The first-order valence-corrected chi connectivity index (χ1v) is 8.35. The van der Waals surface area contributed by atoms with Gasteiger partial charge in [-0.2, -0.15) is 0 Å². The Morgan fingerprint density at radius 3 is 2.44 bits per heavy atom. The van der Waals surface area contributed by atoms with Gasteiger partial charge in [-0.05, 0) is 30.8 Å². The first-order valence-electron chi connectivity index (χ1n) is 5.44. The van der Waals surface area contributed by atoms with Crippen molar-refractivity contribution in [2.75, 3.05) is 13.7 Å². The number of ether oxygens (including phenoxy) is 1. The molecular formula is C13H20O2Si. The van der Waals surface area contributed by atoms with Crippen LogP contribution in [-0.2, 0) is 9.16 Å². The summed E-state index contributed by atoms with van der Waals surface area (Å²) in [6, 6.07) is 10.4. The monoisotopic (exact) mass is 236 g/mol. The molecule has 0 heterocycles. The predicted molar refractivity (Wildman–Crippen MR) is 70.3 cm³/mol. The quantitative estimate of drug-likeness (QED) is 0.578. The number of hydrogen-bond acceptors (Lipinski definition) is 2. The molecule has 0 aromatic heterocycles. The van der Waals surface area contributed by atoms with Crippen LogP contribution in [0.25, 0.3) is 0 Å². The minimum atomic E-state index is -1.80. The lowest BCUT2D eigenvalue weighted by Crippen LogP contribution is -2.43. The molecule has 0 saturated heterocycles. The molecule has 0 radical (unpaired) electrons. The highest BCUT2D eigenvalue weighted by Gasteiger charge is 2.25. The van der Waals surface area contributed by atoms with Crippen molar-refractivity contribution >= 4 is 13.5 Å². The van der Waals surface area contributed by atoms with Crippen molar-refractivity contribution in [1.82, 2.24) is 0 Å². The third-order valence-corrected chi connectivity index (χ3v) is 4.83. The Bertz CT molecular complexity index is 344. The van der Waals surface area contributed by atoms with Gasteiger partial charge < -0.3 is 9.16 Å². The van der Waals surface area contributed by atoms with E-state index in [0.29, 0.717) is 6.61 Å². The summed E-state index contributed by atoms with van der Waals surface area (Å²) in [7, 11) is -0.112. The van der Waals surface area contributed by atoms with Gasteiger partial charge in [-0.3, -0.25) is 0 Å². The molecule has 0 aliphatic rings. The molecule has 1 aromatic carbocycles. The van der Waals surface area contributed by atoms with Crippen LogP contribution in [0.15, 0.2) is 42.2 Å². The third-order valence-electron chi connectivity index (χ3n) is 2.40. The van der Waals surface area contributed by atoms with Crippen LogP contribution in [0.3, 0.4) is 0 Å². The third kappa shape index (κ3) is 3.83. The van der Waals surface area contributed by atoms with E-state index in [2.05, 4.69) is 37.4 Å². The van der Waals surface area contributed by atoms with Crippen molar-refractivity contribution < 1.29 is 9.16 Å². The summed E-state index contributed by atoms with van der Waals surface area (Å²) in [5.74, 6) is 0. The van der Waals surface area contributed by atoms with Crippen molar-refractivity contribution in [2.45, 2.75) is 20.0 Å². The van der Waals surface area contributed by atoms with Crippen molar-refractivity contribution in [3.63, 3.8) is 0 Å². The normalized spacial score (nSPS) is 12.6. The SMILES string of the molecule is COCC(C)=CO[Si](C)(C)c1ccccc1. The Kier molecular flexibility index (Phi) is 4.77. The number of rotatable bonds is 5. The molecule has 2 nitrogen and oxygen atoms in total. The average molecular weight is 236 g/mol. The molecule has 0 unspecified atom stereocenters. The van der Waals surface area contributed by atoms with Crippen LogP contribution in [0, 0.1) is 0 Å². The maximum Gasteiger partial charge on any atom is 0.276 e. The zero-order chi connectivity index (χ0) is 12.0. The second-order valence-electron chi connectivity index (χ2n) is 4.39. The highest BCUT2D eigenvalue weighted by Crippen LogP contribution is 2.07. The Morgan fingerprint density at radius 1 is 1.25 bits per heavy atom. The number of methoxy groups -OCH3 is 1. The van der Waals surface area contributed by atoms with Gasteiger partial charge in [-0.15, -0.1) is 0 Å². The molecule has 0 atom stereocenters. The van der Waals surface area contributed by atoms with Crippen molar-refractivity contribution in [1.29, 1.82) is 0 Å². The summed E-state index contributed by atoms with van der Waals surface area (Å²) < 4.78 is 11.0. The van der Waals surface area contributed by atoms with Gasteiger partial charge in [0, 0.05) is 7.11 Å². The minimum absolute atomic E-state index is 0.624. The first kappa shape index (κ1) is 13.0. The molecule has 88 valence electrons. The Balaban J connectivity index is 2.69. The standard InChI is InChI=1S/C13H20O2Si/c1-12(10-14-2)11-15-16(3,4)13-8-6-5-7-9-13/h5-9,11H,10H2,1-4H3. The minimum Gasteiger partial charge on any atom is -0.545 e. The molecular weight excluding hydrogens is 216 g/mol. The topological polar surface area (TPSA) is 18.5 Å². The molecule has 1 rings (SSSR count). The lowest BCUT2D eigenvalue weighted by atomic mass is 10.4. The van der Waals surface area contributed by atoms with Gasteiger partial charge in [0.2, 0.25) is 0 Å². The van der Waals surface area contributed by atoms with Gasteiger partial charge in [0.15, 0.2) is 0 Å². The van der Waals surface area contributed by atoms with Crippen LogP contribution in [0.1, 0.15) is 6.92 Å². The maximum atomic E-state index is 5.93. The van der Waals surface area contributed by atoms with E-state index in [9.17, 15) is 0 Å². The summed E-state index contributed by atoms with van der Waals surface area (Å²) >= 11 is 0. The van der Waals surface area contributed by atoms with E-state index >= 15 is 0 Å². The summed E-state index contributed by atoms with van der Waals surface area (Å²) in [4.78, 5) is 0. The van der Waals surface area contributed by atoms with Gasteiger partial charge in [0.25, 0.3) is 8.32 Å². The molecule has 0 amide bonds. The van der Waals surface area contributed by atoms with E-state index < -0.39 is 8.32 Å². The van der Waals surface area contributed by atoms with Gasteiger partial charge >= 0.3 is 0 Å². The van der Waals surface area contributed by atoms with E-state index in [1.165, 1.54) is 5.19 Å². The zero-order valence-corrected chi connectivity index (χ0v) is 11.5. The highest BCUT2D eigenvalue weighted by molar-refractivity contribution is 6.84. The van der Waals surface area contributed by atoms with Crippen LogP contribution >= 0.6 is 0 Å². The van der Waals surface area contributed by atoms with Crippen molar-refractivity contribution in [3.05, 3.63) is 42.2 Å². The highest BCUT2D eigenvalue weighted by atomic mass is 28.4. The summed E-state index contributed by atoms with van der Waals surface area (Å²) in [6.07, 6.45) is 1.84. The molecule has 16 heavy (non-hydrogen) atoms. The molecule has 0 bridgehead atoms. The van der Waals surface area contributed by atoms with Gasteiger partial charge in [0.05, 0.1) is 12.9 Å². The Hall–Kier alpha value is -1.06. The average Bonchev–Trinajstić information content (AvgIpc) is 2.28. The van der Waals surface area contributed by atoms with Crippen LogP contribution in [0.4, 0.5) is 0 Å². The second kappa shape index (κ2) is 5.87. The predicted octanol–water partition coefficient (Wildman–Crippen LogP) is 2.67. The fraction of sp³-hybridized carbons (Fsp3) is 0.385. The lowest BCUT2D eigenvalue weighted by molar-refractivity contribution is 0.223. The van der Waals surface area contributed by atoms with E-state index in [0.717, 1.165) is 5.57 Å². The van der Waals surface area contributed by atoms with Gasteiger partial charge in [-0.25, -0.2) is 0 Å². The van der Waals surface area contributed by atoms with Crippen molar-refractivity contribution in [3.8, 4) is 0 Å². The number of hydrogen-bond donors (Lipinski definition) is 0. The second-order valence-corrected chi connectivity index (χ2v) is 8.23. The van der Waals surface area contributed by atoms with Gasteiger partial charge in [0.1, 0.15) is 0 Å². The van der Waals surface area contributed by atoms with Crippen LogP contribution in [0.2, 0.25) is 13.1 Å². The van der Waals surface area contributed by atoms with E-state index in [1.54, 1.807) is 7.11 Å². The molecule has 3 heteroatoms. The molecule has 0 N–H and O–H groups in total. The van der Waals surface area contributed by atoms with Crippen LogP contribution < -0.4 is 5.19 Å². The molecule has 0 spiro atoms. The molecule has 0 fully saturated rings. The lowest BCUT2D eigenvalue weighted by Gasteiger charge is -2.22. The molecule has 1 aromatic rings.